The third-order valence-electron chi connectivity index (χ3n) is 2.43. The minimum absolute atomic E-state index is 0.111. The zero-order valence-corrected chi connectivity index (χ0v) is 8.85. The van der Waals surface area contributed by atoms with E-state index in [4.69, 9.17) is 21.8 Å². The number of nitrogen functional groups attached to an aromatic ring is 1. The molecular formula is C11H13N3O2. The van der Waals surface area contributed by atoms with Crippen molar-refractivity contribution in [3.63, 3.8) is 0 Å². The lowest BCUT2D eigenvalue weighted by atomic mass is 10.1. The summed E-state index contributed by atoms with van der Waals surface area (Å²) in [6.07, 6.45) is 1.81. The van der Waals surface area contributed by atoms with Gasteiger partial charge in [-0.1, -0.05) is 11.6 Å². The molecule has 0 spiro atoms. The molecule has 1 aliphatic rings. The molecule has 0 aromatic carbocycles. The average molecular weight is 219 g/mol. The van der Waals surface area contributed by atoms with E-state index in [2.05, 4.69) is 9.83 Å². The molecule has 0 aliphatic carbocycles. The van der Waals surface area contributed by atoms with Crippen LogP contribution in [0.1, 0.15) is 12.8 Å². The lowest BCUT2D eigenvalue weighted by Gasteiger charge is -2.23. The molecule has 5 heteroatoms. The largest absolute Gasteiger partial charge is 0.499 e. The van der Waals surface area contributed by atoms with E-state index in [-0.39, 0.29) is 11.9 Å². The number of pyridine rings is 1. The monoisotopic (exact) mass is 219 g/mol. The minimum atomic E-state index is 0.111. The summed E-state index contributed by atoms with van der Waals surface area (Å²) in [5.74, 6) is 1.08. The normalized spacial score (nSPS) is 16.7. The molecule has 0 amide bonds. The summed E-state index contributed by atoms with van der Waals surface area (Å²) in [6, 6.07) is 3.34. The first-order valence-corrected chi connectivity index (χ1v) is 5.18. The molecule has 84 valence electrons. The zero-order valence-electron chi connectivity index (χ0n) is 8.85. The fourth-order valence-electron chi connectivity index (χ4n) is 1.60. The molecule has 5 nitrogen and oxygen atoms in total. The summed E-state index contributed by atoms with van der Waals surface area (Å²) in [4.78, 5) is 7.22. The third-order valence-corrected chi connectivity index (χ3v) is 2.43. The van der Waals surface area contributed by atoms with Gasteiger partial charge in [-0.25, -0.2) is 0 Å². The number of hydrogen-bond acceptors (Lipinski definition) is 4. The molecule has 1 saturated heterocycles. The van der Waals surface area contributed by atoms with Gasteiger partial charge in [-0.05, 0) is 6.07 Å². The van der Waals surface area contributed by atoms with Crippen LogP contribution < -0.4 is 10.5 Å². The summed E-state index contributed by atoms with van der Waals surface area (Å²) in [6.45, 7) is 8.42. The lowest BCUT2D eigenvalue weighted by Crippen LogP contribution is -2.25. The topological polar surface area (TPSA) is 61.7 Å². The quantitative estimate of drug-likeness (QED) is 0.770. The predicted octanol–water partition coefficient (Wildman–Crippen LogP) is 1.77. The van der Waals surface area contributed by atoms with E-state index in [0.29, 0.717) is 24.8 Å². The van der Waals surface area contributed by atoms with E-state index in [0.717, 1.165) is 12.8 Å². The van der Waals surface area contributed by atoms with Crippen LogP contribution in [0.15, 0.2) is 12.1 Å². The summed E-state index contributed by atoms with van der Waals surface area (Å²) in [7, 11) is 0. The first kappa shape index (κ1) is 10.7. The molecule has 0 bridgehead atoms. The van der Waals surface area contributed by atoms with E-state index < -0.39 is 0 Å². The van der Waals surface area contributed by atoms with Crippen LogP contribution in [0.4, 0.5) is 11.6 Å². The maximum absolute atomic E-state index is 7.00. The average Bonchev–Trinajstić information content (AvgIpc) is 2.33. The molecule has 2 rings (SSSR count). The number of anilines is 1. The van der Waals surface area contributed by atoms with Crippen molar-refractivity contribution in [2.45, 2.75) is 18.9 Å². The van der Waals surface area contributed by atoms with Crippen LogP contribution in [0.25, 0.3) is 4.85 Å². The predicted molar refractivity (Wildman–Crippen MR) is 59.4 cm³/mol. The smallest absolute Gasteiger partial charge is 0.313 e. The Hall–Kier alpha value is -1.80. The summed E-state index contributed by atoms with van der Waals surface area (Å²) < 4.78 is 11.0. The van der Waals surface area contributed by atoms with Gasteiger partial charge in [0, 0.05) is 18.9 Å². The SMILES string of the molecule is [C-]#[N+]c1nc(N)ccc1OC1CCOCC1. The second-order valence-electron chi connectivity index (χ2n) is 3.60. The van der Waals surface area contributed by atoms with Gasteiger partial charge < -0.3 is 20.1 Å². The first-order chi connectivity index (χ1) is 7.79. The van der Waals surface area contributed by atoms with Crippen molar-refractivity contribution in [2.75, 3.05) is 18.9 Å². The van der Waals surface area contributed by atoms with Crippen molar-refractivity contribution in [1.82, 2.24) is 4.98 Å². The Morgan fingerprint density at radius 2 is 2.19 bits per heavy atom. The molecule has 1 fully saturated rings. The van der Waals surface area contributed by atoms with Gasteiger partial charge in [0.2, 0.25) is 5.82 Å². The van der Waals surface area contributed by atoms with Crippen molar-refractivity contribution in [3.8, 4) is 5.75 Å². The van der Waals surface area contributed by atoms with Crippen LogP contribution in [0.2, 0.25) is 0 Å². The Labute approximate surface area is 94.0 Å². The molecular weight excluding hydrogens is 206 g/mol. The summed E-state index contributed by atoms with van der Waals surface area (Å²) in [5, 5.41) is 0. The Balaban J connectivity index is 2.11. The van der Waals surface area contributed by atoms with Crippen molar-refractivity contribution in [2.24, 2.45) is 0 Å². The highest BCUT2D eigenvalue weighted by Crippen LogP contribution is 2.28. The highest BCUT2D eigenvalue weighted by molar-refractivity contribution is 5.55. The fourth-order valence-corrected chi connectivity index (χ4v) is 1.60. The van der Waals surface area contributed by atoms with Gasteiger partial charge in [0.15, 0.2) is 0 Å². The lowest BCUT2D eigenvalue weighted by molar-refractivity contribution is 0.0258. The number of aromatic nitrogens is 1. The van der Waals surface area contributed by atoms with Crippen molar-refractivity contribution in [1.29, 1.82) is 0 Å². The standard InChI is InChI=1S/C11H13N3O2/c1-13-11-9(2-3-10(12)14-11)16-8-4-6-15-7-5-8/h2-3,8H,4-7H2,(H2,12,14). The van der Waals surface area contributed by atoms with Gasteiger partial charge in [-0.15, -0.1) is 0 Å². The fraction of sp³-hybridized carbons (Fsp3) is 0.455. The van der Waals surface area contributed by atoms with E-state index in [1.165, 1.54) is 0 Å². The third kappa shape index (κ3) is 2.41. The number of ether oxygens (including phenoxy) is 2. The van der Waals surface area contributed by atoms with E-state index in [9.17, 15) is 0 Å². The molecule has 0 saturated carbocycles. The van der Waals surface area contributed by atoms with Crippen molar-refractivity contribution < 1.29 is 9.47 Å². The summed E-state index contributed by atoms with van der Waals surface area (Å²) >= 11 is 0. The van der Waals surface area contributed by atoms with E-state index in [1.54, 1.807) is 12.1 Å². The van der Waals surface area contributed by atoms with Gasteiger partial charge in [-0.3, -0.25) is 0 Å². The highest BCUT2D eigenvalue weighted by atomic mass is 16.5. The molecule has 0 radical (unpaired) electrons. The number of nitrogens with two attached hydrogens (primary N) is 1. The van der Waals surface area contributed by atoms with Crippen molar-refractivity contribution in [3.05, 3.63) is 23.5 Å². The number of hydrogen-bond donors (Lipinski definition) is 1. The maximum Gasteiger partial charge on any atom is 0.313 e. The Morgan fingerprint density at radius 1 is 1.44 bits per heavy atom. The van der Waals surface area contributed by atoms with Crippen LogP contribution in [0.5, 0.6) is 5.75 Å². The highest BCUT2D eigenvalue weighted by Gasteiger charge is 2.17. The Bertz CT molecular complexity index is 408. The van der Waals surface area contributed by atoms with Crippen LogP contribution >= 0.6 is 0 Å². The molecule has 16 heavy (non-hydrogen) atoms. The van der Waals surface area contributed by atoms with Gasteiger partial charge in [0.25, 0.3) is 0 Å². The second-order valence-corrected chi connectivity index (χ2v) is 3.60. The minimum Gasteiger partial charge on any atom is -0.499 e. The van der Waals surface area contributed by atoms with Gasteiger partial charge in [0.1, 0.15) is 11.9 Å². The van der Waals surface area contributed by atoms with Crippen molar-refractivity contribution >= 4 is 11.6 Å². The zero-order chi connectivity index (χ0) is 11.4. The maximum atomic E-state index is 7.00. The molecule has 2 N–H and O–H groups in total. The van der Waals surface area contributed by atoms with Crippen LogP contribution in [-0.2, 0) is 4.74 Å². The molecule has 0 atom stereocenters. The Kier molecular flexibility index (Phi) is 3.22. The van der Waals surface area contributed by atoms with E-state index >= 15 is 0 Å². The first-order valence-electron chi connectivity index (χ1n) is 5.18. The van der Waals surface area contributed by atoms with Gasteiger partial charge in [0.05, 0.1) is 13.2 Å². The van der Waals surface area contributed by atoms with Gasteiger partial charge in [-0.2, -0.15) is 0 Å². The molecule has 1 aromatic heterocycles. The van der Waals surface area contributed by atoms with Crippen LogP contribution in [0, 0.1) is 6.57 Å². The molecule has 1 aliphatic heterocycles. The molecule has 0 unspecified atom stereocenters. The number of nitrogens with zero attached hydrogens (tertiary/aromatic N) is 2. The van der Waals surface area contributed by atoms with Crippen LogP contribution in [0.3, 0.4) is 0 Å². The van der Waals surface area contributed by atoms with E-state index in [1.807, 2.05) is 0 Å². The van der Waals surface area contributed by atoms with Crippen LogP contribution in [-0.4, -0.2) is 24.3 Å². The summed E-state index contributed by atoms with van der Waals surface area (Å²) in [5.41, 5.74) is 5.51. The second kappa shape index (κ2) is 4.81. The Morgan fingerprint density at radius 3 is 2.88 bits per heavy atom. The van der Waals surface area contributed by atoms with Gasteiger partial charge >= 0.3 is 5.82 Å². The number of rotatable bonds is 2. The molecule has 1 aromatic rings. The molecule has 2 heterocycles.